The lowest BCUT2D eigenvalue weighted by atomic mass is 9.89. The van der Waals surface area contributed by atoms with Gasteiger partial charge in [-0.2, -0.15) is 0 Å². The molecule has 1 heterocycles. The Morgan fingerprint density at radius 2 is 1.83 bits per heavy atom. The number of aryl methyl sites for hydroxylation is 1. The number of hydrogen-bond donors (Lipinski definition) is 6. The van der Waals surface area contributed by atoms with Crippen molar-refractivity contribution in [2.24, 2.45) is 0 Å². The lowest BCUT2D eigenvalue weighted by molar-refractivity contribution is -0.232. The van der Waals surface area contributed by atoms with Crippen molar-refractivity contribution in [3.63, 3.8) is 0 Å². The average molecular weight is 328 g/mol. The molecule has 0 aliphatic carbocycles. The maximum Gasteiger partial charge on any atom is 0.121 e. The van der Waals surface area contributed by atoms with Crippen LogP contribution in [0.25, 0.3) is 0 Å². The third kappa shape index (κ3) is 4.00. The van der Waals surface area contributed by atoms with Crippen molar-refractivity contribution in [3.05, 3.63) is 29.3 Å². The van der Waals surface area contributed by atoms with Crippen LogP contribution in [0.3, 0.4) is 0 Å². The number of aromatic hydroxyl groups is 1. The van der Waals surface area contributed by atoms with Gasteiger partial charge in [0, 0.05) is 5.56 Å². The molecule has 1 aromatic rings. The molecule has 6 N–H and O–H groups in total. The molecule has 6 atom stereocenters. The van der Waals surface area contributed by atoms with Crippen molar-refractivity contribution in [2.75, 3.05) is 6.61 Å². The van der Waals surface area contributed by atoms with Crippen LogP contribution in [0.1, 0.15) is 30.6 Å². The summed E-state index contributed by atoms with van der Waals surface area (Å²) in [6.07, 6.45) is -5.82. The summed E-state index contributed by atoms with van der Waals surface area (Å²) in [4.78, 5) is 0. The first kappa shape index (κ1) is 18.1. The second-order valence-corrected chi connectivity index (χ2v) is 6.03. The van der Waals surface area contributed by atoms with E-state index in [0.29, 0.717) is 12.8 Å². The van der Waals surface area contributed by atoms with Crippen molar-refractivity contribution in [1.82, 2.24) is 0 Å². The van der Waals surface area contributed by atoms with Gasteiger partial charge in [0.1, 0.15) is 36.3 Å². The van der Waals surface area contributed by atoms with E-state index in [-0.39, 0.29) is 11.3 Å². The minimum absolute atomic E-state index is 0.116. The Bertz CT molecular complexity index is 517. The first-order chi connectivity index (χ1) is 10.8. The van der Waals surface area contributed by atoms with Gasteiger partial charge in [0.15, 0.2) is 0 Å². The third-order valence-electron chi connectivity index (χ3n) is 4.14. The zero-order valence-corrected chi connectivity index (χ0v) is 12.9. The summed E-state index contributed by atoms with van der Waals surface area (Å²) < 4.78 is 5.46. The van der Waals surface area contributed by atoms with Gasteiger partial charge in [-0.15, -0.1) is 0 Å². The van der Waals surface area contributed by atoms with Gasteiger partial charge < -0.3 is 35.4 Å². The lowest BCUT2D eigenvalue weighted by Gasteiger charge is -2.40. The monoisotopic (exact) mass is 328 g/mol. The summed E-state index contributed by atoms with van der Waals surface area (Å²) in [5, 5.41) is 58.4. The van der Waals surface area contributed by atoms with Crippen LogP contribution in [0, 0.1) is 0 Å². The molecule has 1 fully saturated rings. The molecule has 1 aliphatic heterocycles. The molecule has 7 heteroatoms. The van der Waals surface area contributed by atoms with Crippen LogP contribution in [-0.2, 0) is 11.2 Å². The summed E-state index contributed by atoms with van der Waals surface area (Å²) in [6, 6.07) is 4.78. The Hall–Kier alpha value is -1.22. The van der Waals surface area contributed by atoms with E-state index >= 15 is 0 Å². The third-order valence-corrected chi connectivity index (χ3v) is 4.14. The van der Waals surface area contributed by atoms with E-state index in [4.69, 9.17) is 4.74 Å². The van der Waals surface area contributed by atoms with Crippen molar-refractivity contribution < 1.29 is 35.4 Å². The van der Waals surface area contributed by atoms with Crippen LogP contribution in [0.5, 0.6) is 5.75 Å². The summed E-state index contributed by atoms with van der Waals surface area (Å²) >= 11 is 0. The highest BCUT2D eigenvalue weighted by Crippen LogP contribution is 2.37. The number of phenols is 1. The quantitative estimate of drug-likeness (QED) is 0.418. The highest BCUT2D eigenvalue weighted by Gasteiger charge is 2.44. The Labute approximate surface area is 134 Å². The first-order valence-electron chi connectivity index (χ1n) is 7.65. The Kier molecular flexibility index (Phi) is 5.96. The van der Waals surface area contributed by atoms with Gasteiger partial charge >= 0.3 is 0 Å². The molecule has 23 heavy (non-hydrogen) atoms. The molecule has 0 spiro atoms. The van der Waals surface area contributed by atoms with Crippen LogP contribution < -0.4 is 0 Å². The van der Waals surface area contributed by atoms with Crippen LogP contribution in [0.2, 0.25) is 0 Å². The van der Waals surface area contributed by atoms with E-state index in [9.17, 15) is 30.6 Å². The molecule has 0 amide bonds. The normalized spacial score (nSPS) is 32.7. The fraction of sp³-hybridized carbons (Fsp3) is 0.625. The second kappa shape index (κ2) is 7.57. The highest BCUT2D eigenvalue weighted by atomic mass is 16.5. The molecule has 2 rings (SSSR count). The molecule has 130 valence electrons. The molecule has 1 aliphatic rings. The lowest BCUT2D eigenvalue weighted by Crippen LogP contribution is -2.55. The number of benzene rings is 1. The molecule has 0 radical (unpaired) electrons. The van der Waals surface area contributed by atoms with Crippen LogP contribution in [-0.4, -0.2) is 67.8 Å². The van der Waals surface area contributed by atoms with Gasteiger partial charge in [0.2, 0.25) is 0 Å². The standard InChI is InChI=1S/C16H24O7/c1-8(18)2-3-9-4-5-11(19)10(6-9)16-15(22)14(21)13(20)12(7-17)23-16/h4-6,8,12-22H,2-3,7H2,1H3/t8?,12-,13-,14+,15-,16?/m1/s1. The van der Waals surface area contributed by atoms with E-state index in [0.717, 1.165) is 5.56 Å². The largest absolute Gasteiger partial charge is 0.508 e. The minimum Gasteiger partial charge on any atom is -0.508 e. The second-order valence-electron chi connectivity index (χ2n) is 6.03. The molecule has 1 saturated heterocycles. The van der Waals surface area contributed by atoms with Gasteiger partial charge in [-0.3, -0.25) is 0 Å². The van der Waals surface area contributed by atoms with Crippen LogP contribution in [0.15, 0.2) is 18.2 Å². The van der Waals surface area contributed by atoms with Crippen molar-refractivity contribution in [3.8, 4) is 5.75 Å². The van der Waals surface area contributed by atoms with E-state index in [2.05, 4.69) is 0 Å². The molecule has 1 aromatic carbocycles. The minimum atomic E-state index is -1.49. The topological polar surface area (TPSA) is 131 Å². The molecule has 7 nitrogen and oxygen atoms in total. The van der Waals surface area contributed by atoms with Crippen molar-refractivity contribution >= 4 is 0 Å². The van der Waals surface area contributed by atoms with Gasteiger partial charge in [-0.05, 0) is 37.5 Å². The molecule has 2 unspecified atom stereocenters. The maximum absolute atomic E-state index is 10.1. The van der Waals surface area contributed by atoms with Gasteiger partial charge in [-0.25, -0.2) is 0 Å². The highest BCUT2D eigenvalue weighted by molar-refractivity contribution is 5.39. The zero-order valence-electron chi connectivity index (χ0n) is 12.9. The molecular formula is C16H24O7. The number of aliphatic hydroxyl groups excluding tert-OH is 5. The van der Waals surface area contributed by atoms with Crippen LogP contribution in [0.4, 0.5) is 0 Å². The van der Waals surface area contributed by atoms with Gasteiger partial charge in [0.05, 0.1) is 12.7 Å². The SMILES string of the molecule is CC(O)CCc1ccc(O)c(C2O[C@H](CO)[C@@H](O)[C@H](O)[C@H]2O)c1. The van der Waals surface area contributed by atoms with Crippen molar-refractivity contribution in [2.45, 2.75) is 56.4 Å². The predicted molar refractivity (Wildman–Crippen MR) is 80.8 cm³/mol. The predicted octanol–water partition coefficient (Wildman–Crippen LogP) is -0.780. The molecular weight excluding hydrogens is 304 g/mol. The maximum atomic E-state index is 10.1. The Balaban J connectivity index is 2.26. The number of hydrogen-bond acceptors (Lipinski definition) is 7. The van der Waals surface area contributed by atoms with Gasteiger partial charge in [-0.1, -0.05) is 6.07 Å². The zero-order chi connectivity index (χ0) is 17.1. The number of aliphatic hydroxyl groups is 5. The molecule has 0 aromatic heterocycles. The Morgan fingerprint density at radius 3 is 2.43 bits per heavy atom. The van der Waals surface area contributed by atoms with E-state index < -0.39 is 43.2 Å². The number of phenolic OH excluding ortho intramolecular Hbond substituents is 1. The van der Waals surface area contributed by atoms with Crippen LogP contribution >= 0.6 is 0 Å². The fourth-order valence-corrected chi connectivity index (χ4v) is 2.72. The van der Waals surface area contributed by atoms with Crippen molar-refractivity contribution in [1.29, 1.82) is 0 Å². The number of rotatable bonds is 5. The van der Waals surface area contributed by atoms with Gasteiger partial charge in [0.25, 0.3) is 0 Å². The van der Waals surface area contributed by atoms with E-state index in [1.54, 1.807) is 19.1 Å². The van der Waals surface area contributed by atoms with E-state index in [1.165, 1.54) is 6.07 Å². The average Bonchev–Trinajstić information content (AvgIpc) is 2.52. The first-order valence-corrected chi connectivity index (χ1v) is 7.65. The summed E-state index contributed by atoms with van der Waals surface area (Å²) in [6.45, 7) is 1.16. The fourth-order valence-electron chi connectivity index (χ4n) is 2.72. The number of ether oxygens (including phenoxy) is 1. The summed E-state index contributed by atoms with van der Waals surface area (Å²) in [7, 11) is 0. The Morgan fingerprint density at radius 1 is 1.13 bits per heavy atom. The van der Waals surface area contributed by atoms with E-state index in [1.807, 2.05) is 0 Å². The molecule has 0 bridgehead atoms. The summed E-state index contributed by atoms with van der Waals surface area (Å²) in [5.41, 5.74) is 1.10. The smallest absolute Gasteiger partial charge is 0.121 e. The molecule has 0 saturated carbocycles. The summed E-state index contributed by atoms with van der Waals surface area (Å²) in [5.74, 6) is -0.116.